The lowest BCUT2D eigenvalue weighted by atomic mass is 9.75. The molecular weight excluding hydrogens is 206 g/mol. The van der Waals surface area contributed by atoms with Crippen LogP contribution in [0.15, 0.2) is 30.3 Å². The van der Waals surface area contributed by atoms with Crippen molar-refractivity contribution >= 4 is 0 Å². The van der Waals surface area contributed by atoms with Gasteiger partial charge in [0.1, 0.15) is 0 Å². The van der Waals surface area contributed by atoms with Crippen molar-refractivity contribution in [3.8, 4) is 0 Å². The van der Waals surface area contributed by atoms with E-state index >= 15 is 0 Å². The van der Waals surface area contributed by atoms with E-state index in [9.17, 15) is 0 Å². The molecule has 0 aromatic heterocycles. The predicted octanol–water partition coefficient (Wildman–Crippen LogP) is 4.20. The van der Waals surface area contributed by atoms with Crippen LogP contribution < -0.4 is 5.32 Å². The molecule has 0 radical (unpaired) electrons. The molecule has 0 saturated carbocycles. The molecule has 1 heteroatoms. The smallest absolute Gasteiger partial charge is 0.0184 e. The fraction of sp³-hybridized carbons (Fsp3) is 0.625. The summed E-state index contributed by atoms with van der Waals surface area (Å²) in [5, 5.41) is 3.67. The van der Waals surface area contributed by atoms with Gasteiger partial charge in [-0.25, -0.2) is 0 Å². The lowest BCUT2D eigenvalue weighted by Crippen LogP contribution is -2.44. The Morgan fingerprint density at radius 2 is 1.65 bits per heavy atom. The molecule has 0 amide bonds. The molecular formula is C16H27N. The number of benzene rings is 1. The Balaban J connectivity index is 2.98. The predicted molar refractivity (Wildman–Crippen MR) is 76.4 cm³/mol. The van der Waals surface area contributed by atoms with E-state index < -0.39 is 0 Å². The van der Waals surface area contributed by atoms with Crippen molar-refractivity contribution in [2.24, 2.45) is 5.41 Å². The quantitative estimate of drug-likeness (QED) is 0.803. The van der Waals surface area contributed by atoms with Gasteiger partial charge in [-0.05, 0) is 29.9 Å². The molecule has 0 heterocycles. The van der Waals surface area contributed by atoms with Crippen LogP contribution in [0, 0.1) is 5.41 Å². The molecule has 1 N–H and O–H groups in total. The van der Waals surface area contributed by atoms with Crippen LogP contribution in [0.1, 0.15) is 52.5 Å². The zero-order valence-corrected chi connectivity index (χ0v) is 12.0. The van der Waals surface area contributed by atoms with Crippen LogP contribution in [-0.2, 0) is 0 Å². The Labute approximate surface area is 107 Å². The summed E-state index contributed by atoms with van der Waals surface area (Å²) in [5.41, 5.74) is 1.74. The Morgan fingerprint density at radius 1 is 1.06 bits per heavy atom. The van der Waals surface area contributed by atoms with E-state index in [4.69, 9.17) is 0 Å². The largest absolute Gasteiger partial charge is 0.313 e. The minimum absolute atomic E-state index is 0.284. The molecule has 1 aromatic carbocycles. The van der Waals surface area contributed by atoms with Gasteiger partial charge in [0.15, 0.2) is 0 Å². The van der Waals surface area contributed by atoms with E-state index in [0.29, 0.717) is 12.0 Å². The van der Waals surface area contributed by atoms with Crippen LogP contribution >= 0.6 is 0 Å². The molecule has 1 rings (SSSR count). The van der Waals surface area contributed by atoms with Crippen molar-refractivity contribution in [3.05, 3.63) is 35.9 Å². The van der Waals surface area contributed by atoms with Crippen LogP contribution in [0.5, 0.6) is 0 Å². The van der Waals surface area contributed by atoms with Crippen LogP contribution in [0.4, 0.5) is 0 Å². The monoisotopic (exact) mass is 233 g/mol. The number of hydrogen-bond acceptors (Lipinski definition) is 1. The second-order valence-corrected chi connectivity index (χ2v) is 5.83. The first-order valence-corrected chi connectivity index (χ1v) is 6.79. The molecule has 0 bridgehead atoms. The maximum Gasteiger partial charge on any atom is 0.0184 e. The van der Waals surface area contributed by atoms with Crippen molar-refractivity contribution in [1.29, 1.82) is 0 Å². The van der Waals surface area contributed by atoms with Gasteiger partial charge >= 0.3 is 0 Å². The lowest BCUT2D eigenvalue weighted by molar-refractivity contribution is 0.230. The van der Waals surface area contributed by atoms with E-state index in [1.165, 1.54) is 12.0 Å². The molecule has 0 aliphatic rings. The number of nitrogens with one attached hydrogen (secondary N) is 1. The normalized spacial score (nSPS) is 15.6. The minimum atomic E-state index is 0.284. The Morgan fingerprint density at radius 3 is 2.06 bits per heavy atom. The molecule has 2 atom stereocenters. The summed E-state index contributed by atoms with van der Waals surface area (Å²) in [7, 11) is 0. The van der Waals surface area contributed by atoms with Gasteiger partial charge in [-0.15, -0.1) is 0 Å². The zero-order chi connectivity index (χ0) is 12.9. The summed E-state index contributed by atoms with van der Waals surface area (Å²) in [6, 6.07) is 11.4. The van der Waals surface area contributed by atoms with Crippen molar-refractivity contribution in [2.75, 3.05) is 6.54 Å². The molecule has 96 valence electrons. The minimum Gasteiger partial charge on any atom is -0.313 e. The van der Waals surface area contributed by atoms with Gasteiger partial charge in [-0.1, -0.05) is 65.0 Å². The van der Waals surface area contributed by atoms with Gasteiger partial charge in [0.05, 0.1) is 0 Å². The number of hydrogen-bond donors (Lipinski definition) is 1. The van der Waals surface area contributed by atoms with Crippen LogP contribution in [-0.4, -0.2) is 12.6 Å². The molecule has 0 aliphatic heterocycles. The third-order valence-corrected chi connectivity index (χ3v) is 3.43. The molecule has 0 spiro atoms. The second kappa shape index (κ2) is 6.20. The maximum absolute atomic E-state index is 3.67. The van der Waals surface area contributed by atoms with E-state index in [2.05, 4.69) is 70.3 Å². The van der Waals surface area contributed by atoms with E-state index in [1.807, 2.05) is 0 Å². The molecule has 0 fully saturated rings. The van der Waals surface area contributed by atoms with Gasteiger partial charge in [0.25, 0.3) is 0 Å². The first-order chi connectivity index (χ1) is 8.00. The van der Waals surface area contributed by atoms with E-state index in [1.54, 1.807) is 0 Å². The highest BCUT2D eigenvalue weighted by Gasteiger charge is 2.31. The SMILES string of the molecule is CCNC(C(CC)c1ccccc1)C(C)(C)C. The summed E-state index contributed by atoms with van der Waals surface area (Å²) < 4.78 is 0. The highest BCUT2D eigenvalue weighted by molar-refractivity contribution is 5.22. The highest BCUT2D eigenvalue weighted by Crippen LogP contribution is 2.33. The summed E-state index contributed by atoms with van der Waals surface area (Å²) >= 11 is 0. The van der Waals surface area contributed by atoms with Crippen molar-refractivity contribution in [2.45, 2.75) is 53.0 Å². The molecule has 1 nitrogen and oxygen atoms in total. The summed E-state index contributed by atoms with van der Waals surface area (Å²) in [5.74, 6) is 0.594. The molecule has 17 heavy (non-hydrogen) atoms. The first kappa shape index (κ1) is 14.2. The fourth-order valence-electron chi connectivity index (χ4n) is 2.64. The average molecular weight is 233 g/mol. The summed E-state index contributed by atoms with van der Waals surface area (Å²) in [6.45, 7) is 12.5. The highest BCUT2D eigenvalue weighted by atomic mass is 14.9. The van der Waals surface area contributed by atoms with Crippen molar-refractivity contribution in [3.63, 3.8) is 0 Å². The fourth-order valence-corrected chi connectivity index (χ4v) is 2.64. The number of rotatable bonds is 5. The standard InChI is InChI=1S/C16H27N/c1-6-14(13-11-9-8-10-12-13)15(17-7-2)16(3,4)5/h8-12,14-15,17H,6-7H2,1-5H3. The van der Waals surface area contributed by atoms with E-state index in [-0.39, 0.29) is 5.41 Å². The van der Waals surface area contributed by atoms with Gasteiger partial charge in [-0.2, -0.15) is 0 Å². The Hall–Kier alpha value is -0.820. The molecule has 0 saturated heterocycles. The average Bonchev–Trinajstić information content (AvgIpc) is 2.29. The molecule has 2 unspecified atom stereocenters. The van der Waals surface area contributed by atoms with Crippen LogP contribution in [0.2, 0.25) is 0 Å². The topological polar surface area (TPSA) is 12.0 Å². The Bertz CT molecular complexity index is 310. The van der Waals surface area contributed by atoms with E-state index in [0.717, 1.165) is 6.54 Å². The number of likely N-dealkylation sites (N-methyl/N-ethyl adjacent to an activating group) is 1. The summed E-state index contributed by atoms with van der Waals surface area (Å²) in [6.07, 6.45) is 1.18. The second-order valence-electron chi connectivity index (χ2n) is 5.83. The van der Waals surface area contributed by atoms with Gasteiger partial charge in [-0.3, -0.25) is 0 Å². The lowest BCUT2D eigenvalue weighted by Gasteiger charge is -2.38. The Kier molecular flexibility index (Phi) is 5.20. The van der Waals surface area contributed by atoms with Gasteiger partial charge in [0.2, 0.25) is 0 Å². The van der Waals surface area contributed by atoms with Gasteiger partial charge < -0.3 is 5.32 Å². The third-order valence-electron chi connectivity index (χ3n) is 3.43. The zero-order valence-electron chi connectivity index (χ0n) is 12.0. The molecule has 0 aliphatic carbocycles. The summed E-state index contributed by atoms with van der Waals surface area (Å²) in [4.78, 5) is 0. The van der Waals surface area contributed by atoms with Gasteiger partial charge in [0, 0.05) is 6.04 Å². The third kappa shape index (κ3) is 3.85. The van der Waals surface area contributed by atoms with Crippen LogP contribution in [0.3, 0.4) is 0 Å². The van der Waals surface area contributed by atoms with Crippen molar-refractivity contribution < 1.29 is 0 Å². The first-order valence-electron chi connectivity index (χ1n) is 6.79. The molecule has 1 aromatic rings. The van der Waals surface area contributed by atoms with Crippen molar-refractivity contribution in [1.82, 2.24) is 5.32 Å². The maximum atomic E-state index is 3.67. The van der Waals surface area contributed by atoms with Crippen LogP contribution in [0.25, 0.3) is 0 Å².